The van der Waals surface area contributed by atoms with Gasteiger partial charge in [-0.1, -0.05) is 19.3 Å². The van der Waals surface area contributed by atoms with Crippen LogP contribution in [0.5, 0.6) is 0 Å². The fourth-order valence-corrected chi connectivity index (χ4v) is 4.62. The van der Waals surface area contributed by atoms with Crippen molar-refractivity contribution in [1.82, 2.24) is 5.32 Å². The van der Waals surface area contributed by atoms with Gasteiger partial charge in [0.05, 0.1) is 11.5 Å². The van der Waals surface area contributed by atoms with E-state index >= 15 is 0 Å². The van der Waals surface area contributed by atoms with Crippen molar-refractivity contribution in [3.63, 3.8) is 0 Å². The molecule has 17 heavy (non-hydrogen) atoms. The molecule has 0 aromatic heterocycles. The van der Waals surface area contributed by atoms with Crippen molar-refractivity contribution in [2.24, 2.45) is 5.73 Å². The summed E-state index contributed by atoms with van der Waals surface area (Å²) >= 11 is 0. The summed E-state index contributed by atoms with van der Waals surface area (Å²) in [5.74, 6) is 0.591. The molecule has 0 radical (unpaired) electrons. The van der Waals surface area contributed by atoms with Crippen LogP contribution >= 0.6 is 0 Å². The van der Waals surface area contributed by atoms with Crippen molar-refractivity contribution in [3.8, 4) is 0 Å². The molecule has 0 aromatic rings. The number of rotatable bonds is 3. The van der Waals surface area contributed by atoms with Crippen molar-refractivity contribution in [3.05, 3.63) is 0 Å². The SMILES string of the molecule is NCC1(NC2CCCCC2)CCS(=O)(=O)CC1. The Morgan fingerprint density at radius 3 is 2.24 bits per heavy atom. The van der Waals surface area contributed by atoms with Crippen LogP contribution in [0.2, 0.25) is 0 Å². The van der Waals surface area contributed by atoms with Crippen molar-refractivity contribution in [2.75, 3.05) is 18.1 Å². The zero-order valence-electron chi connectivity index (χ0n) is 10.5. The number of hydrogen-bond acceptors (Lipinski definition) is 4. The van der Waals surface area contributed by atoms with Crippen molar-refractivity contribution in [2.45, 2.75) is 56.5 Å². The van der Waals surface area contributed by atoms with E-state index in [1.54, 1.807) is 0 Å². The van der Waals surface area contributed by atoms with Gasteiger partial charge < -0.3 is 11.1 Å². The Kier molecular flexibility index (Phi) is 4.10. The topological polar surface area (TPSA) is 72.2 Å². The Morgan fingerprint density at radius 2 is 1.71 bits per heavy atom. The molecule has 4 nitrogen and oxygen atoms in total. The van der Waals surface area contributed by atoms with Gasteiger partial charge in [-0.3, -0.25) is 0 Å². The average molecular weight is 260 g/mol. The van der Waals surface area contributed by atoms with E-state index in [1.165, 1.54) is 32.1 Å². The van der Waals surface area contributed by atoms with Gasteiger partial charge in [0.2, 0.25) is 0 Å². The Balaban J connectivity index is 1.95. The predicted molar refractivity (Wildman–Crippen MR) is 69.7 cm³/mol. The van der Waals surface area contributed by atoms with E-state index in [1.807, 2.05) is 0 Å². The minimum Gasteiger partial charge on any atom is -0.329 e. The van der Waals surface area contributed by atoms with Crippen LogP contribution in [0.4, 0.5) is 0 Å². The monoisotopic (exact) mass is 260 g/mol. The zero-order chi connectivity index (χ0) is 12.4. The van der Waals surface area contributed by atoms with Gasteiger partial charge in [0.1, 0.15) is 9.84 Å². The third-order valence-corrected chi connectivity index (χ3v) is 5.94. The van der Waals surface area contributed by atoms with Crippen LogP contribution in [0.1, 0.15) is 44.9 Å². The summed E-state index contributed by atoms with van der Waals surface area (Å²) in [5.41, 5.74) is 5.77. The van der Waals surface area contributed by atoms with Crippen LogP contribution in [-0.4, -0.2) is 38.0 Å². The molecule has 1 aliphatic carbocycles. The smallest absolute Gasteiger partial charge is 0.150 e. The molecule has 1 saturated carbocycles. The van der Waals surface area contributed by atoms with Crippen LogP contribution in [0, 0.1) is 0 Å². The normalized spacial score (nSPS) is 29.0. The van der Waals surface area contributed by atoms with Gasteiger partial charge in [-0.2, -0.15) is 0 Å². The van der Waals surface area contributed by atoms with Gasteiger partial charge in [-0.05, 0) is 25.7 Å². The first kappa shape index (κ1) is 13.3. The molecule has 2 rings (SSSR count). The summed E-state index contributed by atoms with van der Waals surface area (Å²) in [6.07, 6.45) is 7.71. The lowest BCUT2D eigenvalue weighted by Gasteiger charge is -2.41. The van der Waals surface area contributed by atoms with Crippen LogP contribution in [0.15, 0.2) is 0 Å². The van der Waals surface area contributed by atoms with Gasteiger partial charge in [0.25, 0.3) is 0 Å². The summed E-state index contributed by atoms with van der Waals surface area (Å²) in [4.78, 5) is 0. The summed E-state index contributed by atoms with van der Waals surface area (Å²) in [5, 5.41) is 3.67. The molecule has 0 aromatic carbocycles. The predicted octanol–water partition coefficient (Wildman–Crippen LogP) is 0.815. The first-order valence-electron chi connectivity index (χ1n) is 6.73. The third kappa shape index (κ3) is 3.42. The van der Waals surface area contributed by atoms with Crippen molar-refractivity contribution >= 4 is 9.84 Å². The molecule has 0 spiro atoms. The molecule has 0 amide bonds. The summed E-state index contributed by atoms with van der Waals surface area (Å²) in [6, 6.07) is 0.549. The van der Waals surface area contributed by atoms with Gasteiger partial charge in [0.15, 0.2) is 0 Å². The van der Waals surface area contributed by atoms with E-state index in [0.29, 0.717) is 36.9 Å². The van der Waals surface area contributed by atoms with E-state index < -0.39 is 9.84 Å². The largest absolute Gasteiger partial charge is 0.329 e. The van der Waals surface area contributed by atoms with Crippen LogP contribution in [0.25, 0.3) is 0 Å². The second-order valence-electron chi connectivity index (χ2n) is 5.62. The summed E-state index contributed by atoms with van der Waals surface area (Å²) in [7, 11) is -2.80. The summed E-state index contributed by atoms with van der Waals surface area (Å²) < 4.78 is 23.0. The van der Waals surface area contributed by atoms with Crippen LogP contribution in [0.3, 0.4) is 0 Å². The van der Waals surface area contributed by atoms with E-state index in [9.17, 15) is 8.42 Å². The van der Waals surface area contributed by atoms with Gasteiger partial charge in [-0.15, -0.1) is 0 Å². The molecule has 1 aliphatic heterocycles. The lowest BCUT2D eigenvalue weighted by molar-refractivity contribution is 0.233. The lowest BCUT2D eigenvalue weighted by Crippen LogP contribution is -2.59. The van der Waals surface area contributed by atoms with Crippen molar-refractivity contribution < 1.29 is 8.42 Å². The van der Waals surface area contributed by atoms with Gasteiger partial charge in [0, 0.05) is 18.1 Å². The molecule has 1 heterocycles. The lowest BCUT2D eigenvalue weighted by atomic mass is 9.87. The highest BCUT2D eigenvalue weighted by molar-refractivity contribution is 7.91. The molecular weight excluding hydrogens is 236 g/mol. The standard InChI is InChI=1S/C12H24N2O2S/c13-10-12(6-8-17(15,16)9-7-12)14-11-4-2-1-3-5-11/h11,14H,1-10,13H2. The number of nitrogens with one attached hydrogen (secondary N) is 1. The van der Waals surface area contributed by atoms with Crippen molar-refractivity contribution in [1.29, 1.82) is 0 Å². The van der Waals surface area contributed by atoms with E-state index in [-0.39, 0.29) is 5.54 Å². The zero-order valence-corrected chi connectivity index (χ0v) is 11.3. The molecule has 2 fully saturated rings. The molecule has 1 saturated heterocycles. The quantitative estimate of drug-likeness (QED) is 0.788. The number of sulfone groups is 1. The maximum Gasteiger partial charge on any atom is 0.150 e. The fourth-order valence-electron chi connectivity index (χ4n) is 3.02. The second-order valence-corrected chi connectivity index (χ2v) is 7.92. The van der Waals surface area contributed by atoms with Crippen LogP contribution in [-0.2, 0) is 9.84 Å². The highest BCUT2D eigenvalue weighted by Crippen LogP contribution is 2.27. The van der Waals surface area contributed by atoms with E-state index in [4.69, 9.17) is 5.73 Å². The van der Waals surface area contributed by atoms with Gasteiger partial charge >= 0.3 is 0 Å². The minimum atomic E-state index is -2.80. The van der Waals surface area contributed by atoms with E-state index in [2.05, 4.69) is 5.32 Å². The highest BCUT2D eigenvalue weighted by atomic mass is 32.2. The first-order valence-corrected chi connectivity index (χ1v) is 8.56. The summed E-state index contributed by atoms with van der Waals surface area (Å²) in [6.45, 7) is 0.555. The highest BCUT2D eigenvalue weighted by Gasteiger charge is 2.37. The molecule has 3 N–H and O–H groups in total. The van der Waals surface area contributed by atoms with Crippen LogP contribution < -0.4 is 11.1 Å². The molecule has 5 heteroatoms. The number of hydrogen-bond donors (Lipinski definition) is 2. The molecule has 0 bridgehead atoms. The average Bonchev–Trinajstić information content (AvgIpc) is 2.34. The first-order chi connectivity index (χ1) is 8.05. The molecular formula is C12H24N2O2S. The Hall–Kier alpha value is -0.130. The number of nitrogens with two attached hydrogens (primary N) is 1. The Morgan fingerprint density at radius 1 is 1.12 bits per heavy atom. The minimum absolute atomic E-state index is 0.118. The maximum absolute atomic E-state index is 11.5. The molecule has 0 unspecified atom stereocenters. The maximum atomic E-state index is 11.5. The van der Waals surface area contributed by atoms with Gasteiger partial charge in [-0.25, -0.2) is 8.42 Å². The molecule has 100 valence electrons. The Bertz CT molecular complexity index is 334. The third-order valence-electron chi connectivity index (χ3n) is 4.29. The Labute approximate surface area is 104 Å². The molecule has 0 atom stereocenters. The fraction of sp³-hybridized carbons (Fsp3) is 1.00. The second kappa shape index (κ2) is 5.24. The van der Waals surface area contributed by atoms with E-state index in [0.717, 1.165) is 0 Å². The molecule has 2 aliphatic rings.